The molecule has 1 N–H and O–H groups in total. The number of nitrogens with one attached hydrogen (secondary N) is 1. The van der Waals surface area contributed by atoms with Crippen molar-refractivity contribution < 1.29 is 13.9 Å². The molecule has 0 unspecified atom stereocenters. The van der Waals surface area contributed by atoms with Gasteiger partial charge in [-0.15, -0.1) is 0 Å². The highest BCUT2D eigenvalue weighted by atomic mass is 19.1. The van der Waals surface area contributed by atoms with Crippen molar-refractivity contribution in [2.24, 2.45) is 0 Å². The zero-order valence-corrected chi connectivity index (χ0v) is 10.7. The summed E-state index contributed by atoms with van der Waals surface area (Å²) in [6, 6.07) is 7.63. The topological polar surface area (TPSA) is 55.0 Å². The number of aromatic amines is 1. The predicted octanol–water partition coefficient (Wildman–Crippen LogP) is 2.94. The highest BCUT2D eigenvalue weighted by Gasteiger charge is 2.16. The molecule has 0 aliphatic rings. The van der Waals surface area contributed by atoms with Gasteiger partial charge in [0.25, 0.3) is 0 Å². The summed E-state index contributed by atoms with van der Waals surface area (Å²) in [5.41, 5.74) is 1.51. The molecule has 0 fully saturated rings. The summed E-state index contributed by atoms with van der Waals surface area (Å²) < 4.78 is 18.3. The minimum atomic E-state index is -0.496. The number of H-pyrrole nitrogens is 1. The van der Waals surface area contributed by atoms with E-state index in [1.165, 1.54) is 25.3 Å². The molecule has 5 heteroatoms. The number of ether oxygens (including phenoxy) is 1. The molecule has 0 saturated carbocycles. The number of carbonyl (C=O) groups excluding carboxylic acids is 1. The zero-order chi connectivity index (χ0) is 14.1. The molecular formula is C15H11FN2O2. The fourth-order valence-electron chi connectivity index (χ4n) is 2.10. The van der Waals surface area contributed by atoms with Crippen LogP contribution in [0.1, 0.15) is 15.9 Å². The van der Waals surface area contributed by atoms with Gasteiger partial charge in [0.05, 0.1) is 7.11 Å². The number of fused-ring (bicyclic) bond motifs is 1. The number of ketones is 1. The molecule has 0 spiro atoms. The van der Waals surface area contributed by atoms with Crippen molar-refractivity contribution in [2.45, 2.75) is 0 Å². The van der Waals surface area contributed by atoms with Crippen molar-refractivity contribution in [2.75, 3.05) is 7.11 Å². The lowest BCUT2D eigenvalue weighted by atomic mass is 10.0. The molecule has 0 aliphatic carbocycles. The second-order valence-corrected chi connectivity index (χ2v) is 4.28. The Kier molecular flexibility index (Phi) is 2.95. The van der Waals surface area contributed by atoms with Crippen LogP contribution in [0.3, 0.4) is 0 Å². The Labute approximate surface area is 114 Å². The van der Waals surface area contributed by atoms with Crippen LogP contribution in [-0.2, 0) is 0 Å². The van der Waals surface area contributed by atoms with Gasteiger partial charge in [-0.2, -0.15) is 0 Å². The number of methoxy groups -OCH3 is 1. The van der Waals surface area contributed by atoms with Gasteiger partial charge in [-0.1, -0.05) is 0 Å². The third-order valence-electron chi connectivity index (χ3n) is 3.11. The molecule has 2 aromatic heterocycles. The van der Waals surface area contributed by atoms with Crippen LogP contribution in [-0.4, -0.2) is 22.9 Å². The SMILES string of the molecule is COc1cc(C(=O)c2c[nH]c3ncccc23)ccc1F. The van der Waals surface area contributed by atoms with E-state index in [-0.39, 0.29) is 11.5 Å². The molecule has 0 saturated heterocycles. The van der Waals surface area contributed by atoms with Crippen LogP contribution in [0.25, 0.3) is 11.0 Å². The molecule has 0 radical (unpaired) electrons. The molecule has 0 amide bonds. The molecule has 3 rings (SSSR count). The van der Waals surface area contributed by atoms with Crippen molar-refractivity contribution in [3.63, 3.8) is 0 Å². The minimum absolute atomic E-state index is 0.0498. The van der Waals surface area contributed by atoms with Crippen LogP contribution >= 0.6 is 0 Å². The first-order valence-corrected chi connectivity index (χ1v) is 6.01. The maximum absolute atomic E-state index is 13.4. The third-order valence-corrected chi connectivity index (χ3v) is 3.11. The van der Waals surface area contributed by atoms with Gasteiger partial charge < -0.3 is 9.72 Å². The molecule has 2 heterocycles. The van der Waals surface area contributed by atoms with Gasteiger partial charge >= 0.3 is 0 Å². The van der Waals surface area contributed by atoms with Crippen LogP contribution in [0.5, 0.6) is 5.75 Å². The first kappa shape index (κ1) is 12.3. The van der Waals surface area contributed by atoms with Gasteiger partial charge in [0, 0.05) is 28.9 Å². The molecule has 100 valence electrons. The van der Waals surface area contributed by atoms with E-state index in [0.717, 1.165) is 5.39 Å². The van der Waals surface area contributed by atoms with Crippen molar-refractivity contribution in [3.8, 4) is 5.75 Å². The second-order valence-electron chi connectivity index (χ2n) is 4.28. The summed E-state index contributed by atoms with van der Waals surface area (Å²) in [7, 11) is 1.36. The Morgan fingerprint density at radius 1 is 1.35 bits per heavy atom. The van der Waals surface area contributed by atoms with Crippen LogP contribution in [0.15, 0.2) is 42.7 Å². The monoisotopic (exact) mass is 270 g/mol. The number of hydrogen-bond donors (Lipinski definition) is 1. The normalized spacial score (nSPS) is 10.7. The van der Waals surface area contributed by atoms with E-state index in [0.29, 0.717) is 16.8 Å². The predicted molar refractivity (Wildman–Crippen MR) is 72.5 cm³/mol. The van der Waals surface area contributed by atoms with E-state index in [1.807, 2.05) is 6.07 Å². The average Bonchev–Trinajstić information content (AvgIpc) is 2.91. The number of aromatic nitrogens is 2. The standard InChI is InChI=1S/C15H11FN2O2/c1-20-13-7-9(4-5-12(13)16)14(19)11-8-18-15-10(11)3-2-6-17-15/h2-8H,1H3,(H,17,18). The number of nitrogens with zero attached hydrogens (tertiary/aromatic N) is 1. The van der Waals surface area contributed by atoms with Gasteiger partial charge in [-0.3, -0.25) is 4.79 Å². The van der Waals surface area contributed by atoms with E-state index in [2.05, 4.69) is 9.97 Å². The maximum Gasteiger partial charge on any atom is 0.195 e. The zero-order valence-electron chi connectivity index (χ0n) is 10.7. The molecular weight excluding hydrogens is 259 g/mol. The summed E-state index contributed by atoms with van der Waals surface area (Å²) in [6.07, 6.45) is 3.25. The van der Waals surface area contributed by atoms with Crippen molar-refractivity contribution in [3.05, 3.63) is 59.7 Å². The van der Waals surface area contributed by atoms with E-state index in [1.54, 1.807) is 18.5 Å². The summed E-state index contributed by atoms with van der Waals surface area (Å²) in [5, 5.41) is 0.737. The minimum Gasteiger partial charge on any atom is -0.494 e. The molecule has 3 aromatic rings. The third kappa shape index (κ3) is 1.93. The number of benzene rings is 1. The lowest BCUT2D eigenvalue weighted by Crippen LogP contribution is -2.01. The van der Waals surface area contributed by atoms with Crippen molar-refractivity contribution >= 4 is 16.8 Å². The Morgan fingerprint density at radius 3 is 3.00 bits per heavy atom. The highest BCUT2D eigenvalue weighted by molar-refractivity contribution is 6.16. The molecule has 0 aliphatic heterocycles. The average molecular weight is 270 g/mol. The van der Waals surface area contributed by atoms with E-state index >= 15 is 0 Å². The van der Waals surface area contributed by atoms with E-state index in [4.69, 9.17) is 4.74 Å². The van der Waals surface area contributed by atoms with Gasteiger partial charge in [-0.05, 0) is 30.3 Å². The van der Waals surface area contributed by atoms with Crippen LogP contribution in [0.4, 0.5) is 4.39 Å². The van der Waals surface area contributed by atoms with Crippen molar-refractivity contribution in [1.82, 2.24) is 9.97 Å². The Balaban J connectivity index is 2.08. The Bertz CT molecular complexity index is 795. The lowest BCUT2D eigenvalue weighted by molar-refractivity contribution is 0.104. The smallest absolute Gasteiger partial charge is 0.195 e. The first-order chi connectivity index (χ1) is 9.70. The van der Waals surface area contributed by atoms with Crippen LogP contribution < -0.4 is 4.74 Å². The molecule has 20 heavy (non-hydrogen) atoms. The Hall–Kier alpha value is -2.69. The van der Waals surface area contributed by atoms with Gasteiger partial charge in [-0.25, -0.2) is 9.37 Å². The summed E-state index contributed by atoms with van der Waals surface area (Å²) >= 11 is 0. The quantitative estimate of drug-likeness (QED) is 0.744. The number of halogens is 1. The van der Waals surface area contributed by atoms with Gasteiger partial charge in [0.1, 0.15) is 5.65 Å². The second kappa shape index (κ2) is 4.77. The molecule has 1 aromatic carbocycles. The number of hydrogen-bond acceptors (Lipinski definition) is 3. The highest BCUT2D eigenvalue weighted by Crippen LogP contribution is 2.23. The molecule has 0 bridgehead atoms. The molecule has 4 nitrogen and oxygen atoms in total. The fraction of sp³-hybridized carbons (Fsp3) is 0.0667. The Morgan fingerprint density at radius 2 is 2.20 bits per heavy atom. The maximum atomic E-state index is 13.4. The van der Waals surface area contributed by atoms with Crippen molar-refractivity contribution in [1.29, 1.82) is 0 Å². The first-order valence-electron chi connectivity index (χ1n) is 6.01. The van der Waals surface area contributed by atoms with Crippen LogP contribution in [0, 0.1) is 5.82 Å². The number of pyridine rings is 1. The number of carbonyl (C=O) groups is 1. The molecule has 0 atom stereocenters. The van der Waals surface area contributed by atoms with Gasteiger partial charge in [0.2, 0.25) is 0 Å². The lowest BCUT2D eigenvalue weighted by Gasteiger charge is -2.04. The van der Waals surface area contributed by atoms with E-state index in [9.17, 15) is 9.18 Å². The fourth-order valence-corrected chi connectivity index (χ4v) is 2.10. The van der Waals surface area contributed by atoms with Gasteiger partial charge in [0.15, 0.2) is 17.3 Å². The van der Waals surface area contributed by atoms with E-state index < -0.39 is 5.82 Å². The number of rotatable bonds is 3. The van der Waals surface area contributed by atoms with Crippen LogP contribution in [0.2, 0.25) is 0 Å². The summed E-state index contributed by atoms with van der Waals surface area (Å²) in [6.45, 7) is 0. The summed E-state index contributed by atoms with van der Waals surface area (Å²) in [4.78, 5) is 19.5. The largest absolute Gasteiger partial charge is 0.494 e. The summed E-state index contributed by atoms with van der Waals surface area (Å²) in [5.74, 6) is -0.652.